The Morgan fingerprint density at radius 2 is 1.95 bits per heavy atom. The highest BCUT2D eigenvalue weighted by Gasteiger charge is 2.33. The van der Waals surface area contributed by atoms with Gasteiger partial charge in [0.15, 0.2) is 0 Å². The van der Waals surface area contributed by atoms with Gasteiger partial charge in [0.1, 0.15) is 24.0 Å². The summed E-state index contributed by atoms with van der Waals surface area (Å²) in [5.74, 6) is -4.07. The summed E-state index contributed by atoms with van der Waals surface area (Å²) in [6.45, 7) is 6.43. The number of carbonyl (C=O) groups excluding carboxylic acids is 3. The van der Waals surface area contributed by atoms with Crippen molar-refractivity contribution >= 4 is 39.1 Å². The van der Waals surface area contributed by atoms with Gasteiger partial charge in [-0.3, -0.25) is 9.59 Å². The van der Waals surface area contributed by atoms with Crippen molar-refractivity contribution in [3.05, 3.63) is 47.2 Å². The number of benzene rings is 1. The Balaban J connectivity index is 1.86. The fraction of sp³-hybridized carbons (Fsp3) is 0.483. The van der Waals surface area contributed by atoms with Gasteiger partial charge >= 0.3 is 6.09 Å². The molecule has 14 heteroatoms. The van der Waals surface area contributed by atoms with Crippen molar-refractivity contribution < 1.29 is 32.1 Å². The van der Waals surface area contributed by atoms with Crippen molar-refractivity contribution in [2.24, 2.45) is 4.36 Å². The number of alkyl halides is 2. The Kier molecular flexibility index (Phi) is 10.1. The minimum atomic E-state index is -3.29. The minimum Gasteiger partial charge on any atom is -0.444 e. The van der Waals surface area contributed by atoms with Crippen molar-refractivity contribution in [1.82, 2.24) is 9.88 Å². The summed E-state index contributed by atoms with van der Waals surface area (Å²) in [4.78, 5) is 45.4. The summed E-state index contributed by atoms with van der Waals surface area (Å²) < 4.78 is 50.5. The van der Waals surface area contributed by atoms with Gasteiger partial charge in [-0.25, -0.2) is 22.8 Å². The number of amides is 3. The number of hydrogen-bond acceptors (Lipinski definition) is 8. The first-order valence-electron chi connectivity index (χ1n) is 13.6. The lowest BCUT2D eigenvalue weighted by atomic mass is 10.0. The van der Waals surface area contributed by atoms with Crippen LogP contribution in [0, 0.1) is 18.3 Å². The monoisotopic (exact) mass is 618 g/mol. The van der Waals surface area contributed by atoms with Crippen molar-refractivity contribution in [2.75, 3.05) is 43.2 Å². The van der Waals surface area contributed by atoms with Crippen LogP contribution in [0.1, 0.15) is 61.5 Å². The lowest BCUT2D eigenvalue weighted by Gasteiger charge is -2.25. The van der Waals surface area contributed by atoms with Crippen LogP contribution in [0.4, 0.5) is 25.1 Å². The zero-order valence-electron chi connectivity index (χ0n) is 25.1. The summed E-state index contributed by atoms with van der Waals surface area (Å²) in [6, 6.07) is 7.94. The molecule has 2 heterocycles. The van der Waals surface area contributed by atoms with E-state index in [0.29, 0.717) is 5.56 Å². The number of anilines is 2. The molecule has 0 unspecified atom stereocenters. The van der Waals surface area contributed by atoms with E-state index in [-0.39, 0.29) is 53.5 Å². The number of nitriles is 1. The normalized spacial score (nSPS) is 16.2. The average molecular weight is 619 g/mol. The summed E-state index contributed by atoms with van der Waals surface area (Å²) >= 11 is 0. The van der Waals surface area contributed by atoms with Crippen molar-refractivity contribution in [1.29, 1.82) is 5.26 Å². The first-order chi connectivity index (χ1) is 19.9. The Hall–Kier alpha value is -4.12. The maximum Gasteiger partial charge on any atom is 0.410 e. The van der Waals surface area contributed by atoms with Crippen molar-refractivity contribution in [3.8, 4) is 6.07 Å². The standard InChI is InChI=1S/C29H36F2N6O5S/c1-19-20(16-32)17-33-25(37-13-8-11-29(30,31)12-14-37)24(19)26(39)34-21-9-7-10-22(15-21)43(6,41)35-23(38)18-36(5)27(40)42-28(2,3)4/h7,9-10,15,17H,8,11-14,18H2,1-6H3,(H,34,39)/t43-/m1/s1. The number of rotatable bonds is 6. The van der Waals surface area contributed by atoms with Crippen LogP contribution in [0.15, 0.2) is 39.7 Å². The number of hydrogen-bond donors (Lipinski definition) is 1. The summed E-state index contributed by atoms with van der Waals surface area (Å²) in [7, 11) is -1.93. The van der Waals surface area contributed by atoms with E-state index in [1.54, 1.807) is 32.6 Å². The zero-order chi connectivity index (χ0) is 32.2. The topological polar surface area (TPSA) is 145 Å². The molecular weight excluding hydrogens is 582 g/mol. The second kappa shape index (κ2) is 13.0. The highest BCUT2D eigenvalue weighted by atomic mass is 32.2. The lowest BCUT2D eigenvalue weighted by molar-refractivity contribution is -0.118. The third-order valence-electron chi connectivity index (χ3n) is 6.57. The molecule has 1 N–H and O–H groups in total. The van der Waals surface area contributed by atoms with Crippen LogP contribution in [0.2, 0.25) is 0 Å². The van der Waals surface area contributed by atoms with Crippen molar-refractivity contribution in [3.63, 3.8) is 0 Å². The molecule has 3 rings (SSSR count). The Bertz CT molecular complexity index is 1570. The van der Waals surface area contributed by atoms with Gasteiger partial charge in [-0.15, -0.1) is 0 Å². The van der Waals surface area contributed by atoms with Gasteiger partial charge in [0.25, 0.3) is 11.8 Å². The molecule has 1 fully saturated rings. The van der Waals surface area contributed by atoms with Gasteiger partial charge in [-0.1, -0.05) is 6.07 Å². The highest BCUT2D eigenvalue weighted by Crippen LogP contribution is 2.32. The molecule has 0 radical (unpaired) electrons. The van der Waals surface area contributed by atoms with E-state index in [0.717, 1.165) is 4.90 Å². The van der Waals surface area contributed by atoms with Gasteiger partial charge in [0.2, 0.25) is 5.92 Å². The molecular formula is C29H36F2N6O5S. The number of nitrogens with zero attached hydrogens (tertiary/aromatic N) is 5. The summed E-state index contributed by atoms with van der Waals surface area (Å²) in [5, 5.41) is 12.2. The number of carbonyl (C=O) groups is 3. The Labute approximate surface area is 250 Å². The highest BCUT2D eigenvalue weighted by molar-refractivity contribution is 7.93. The minimum absolute atomic E-state index is 0.0162. The Morgan fingerprint density at radius 3 is 2.60 bits per heavy atom. The smallest absolute Gasteiger partial charge is 0.410 e. The van der Waals surface area contributed by atoms with E-state index < -0.39 is 52.1 Å². The number of aromatic nitrogens is 1. The fourth-order valence-corrected chi connectivity index (χ4v) is 5.60. The third kappa shape index (κ3) is 8.93. The molecule has 0 bridgehead atoms. The molecule has 1 aliphatic rings. The fourth-order valence-electron chi connectivity index (χ4n) is 4.38. The molecule has 1 aromatic carbocycles. The first-order valence-corrected chi connectivity index (χ1v) is 15.5. The molecule has 2 aromatic rings. The van der Waals surface area contributed by atoms with Gasteiger partial charge < -0.3 is 19.9 Å². The van der Waals surface area contributed by atoms with E-state index in [9.17, 15) is 32.6 Å². The maximum absolute atomic E-state index is 14.0. The third-order valence-corrected chi connectivity index (χ3v) is 8.25. The van der Waals surface area contributed by atoms with E-state index in [2.05, 4.69) is 14.7 Å². The predicted molar refractivity (Wildman–Crippen MR) is 158 cm³/mol. The SMILES string of the molecule is Cc1c(C#N)cnc(N2CCCC(F)(F)CC2)c1C(=O)Nc1cccc([S@@](C)(=O)=NC(=O)CN(C)C(=O)OC(C)(C)C)c1. The van der Waals surface area contributed by atoms with Crippen molar-refractivity contribution in [2.45, 2.75) is 63.4 Å². The number of ether oxygens (including phenoxy) is 1. The second-order valence-electron chi connectivity index (χ2n) is 11.4. The lowest BCUT2D eigenvalue weighted by Crippen LogP contribution is -2.37. The molecule has 0 saturated carbocycles. The first kappa shape index (κ1) is 33.4. The van der Waals surface area contributed by atoms with Gasteiger partial charge in [0.05, 0.1) is 20.9 Å². The van der Waals surface area contributed by atoms with Crippen LogP contribution in [-0.2, 0) is 19.3 Å². The maximum atomic E-state index is 14.0. The van der Waals surface area contributed by atoms with Crippen LogP contribution in [0.25, 0.3) is 0 Å². The molecule has 0 aliphatic carbocycles. The van der Waals surface area contributed by atoms with Crippen LogP contribution in [-0.4, -0.2) is 76.5 Å². The average Bonchev–Trinajstić information content (AvgIpc) is 3.07. The number of pyridine rings is 1. The van der Waals surface area contributed by atoms with E-state index in [1.807, 2.05) is 6.07 Å². The predicted octanol–water partition coefficient (Wildman–Crippen LogP) is 4.99. The molecule has 232 valence electrons. The molecule has 11 nitrogen and oxygen atoms in total. The largest absolute Gasteiger partial charge is 0.444 e. The molecule has 43 heavy (non-hydrogen) atoms. The van der Waals surface area contributed by atoms with Crippen LogP contribution >= 0.6 is 0 Å². The summed E-state index contributed by atoms with van der Waals surface area (Å²) in [6.07, 6.45) is 1.39. The number of halogens is 2. The molecule has 1 saturated heterocycles. The number of nitrogens with one attached hydrogen (secondary N) is 1. The quantitative estimate of drug-likeness (QED) is 0.477. The van der Waals surface area contributed by atoms with Crippen LogP contribution in [0.5, 0.6) is 0 Å². The molecule has 0 spiro atoms. The summed E-state index contributed by atoms with van der Waals surface area (Å²) in [5.41, 5.74) is 0.0266. The second-order valence-corrected chi connectivity index (χ2v) is 13.7. The molecule has 1 aromatic heterocycles. The Morgan fingerprint density at radius 1 is 1.26 bits per heavy atom. The molecule has 1 atom stereocenters. The van der Waals surface area contributed by atoms with Crippen LogP contribution in [0.3, 0.4) is 0 Å². The van der Waals surface area contributed by atoms with Crippen LogP contribution < -0.4 is 10.2 Å². The van der Waals surface area contributed by atoms with Gasteiger partial charge in [0, 0.05) is 56.0 Å². The number of likely N-dealkylation sites (N-methyl/N-ethyl adjacent to an activating group) is 1. The van der Waals surface area contributed by atoms with E-state index >= 15 is 0 Å². The van der Waals surface area contributed by atoms with E-state index in [1.165, 1.54) is 43.8 Å². The zero-order valence-corrected chi connectivity index (χ0v) is 25.9. The van der Waals surface area contributed by atoms with Gasteiger partial charge in [-0.05, 0) is 57.9 Å². The van der Waals surface area contributed by atoms with Gasteiger partial charge in [-0.2, -0.15) is 9.62 Å². The molecule has 1 aliphatic heterocycles. The molecule has 3 amide bonds. The van der Waals surface area contributed by atoms with E-state index in [4.69, 9.17) is 4.74 Å².